The fourth-order valence-electron chi connectivity index (χ4n) is 3.95. The van der Waals surface area contributed by atoms with E-state index in [2.05, 4.69) is 34.8 Å². The molecule has 2 atom stereocenters. The first kappa shape index (κ1) is 14.8. The van der Waals surface area contributed by atoms with Crippen LogP contribution in [0.15, 0.2) is 24.9 Å². The number of fused-ring (bicyclic) bond motifs is 4. The molecule has 0 spiro atoms. The van der Waals surface area contributed by atoms with E-state index in [9.17, 15) is 4.79 Å². The summed E-state index contributed by atoms with van der Waals surface area (Å²) in [5.41, 5.74) is 0.513. The number of nitrogens with zero attached hydrogens (tertiary/aromatic N) is 2. The highest BCUT2D eigenvalue weighted by Gasteiger charge is 2.40. The molecular weight excluding hydrogens is 306 g/mol. The van der Waals surface area contributed by atoms with E-state index >= 15 is 0 Å². The van der Waals surface area contributed by atoms with Crippen LogP contribution in [0, 0.1) is 5.92 Å². The second kappa shape index (κ2) is 5.73. The van der Waals surface area contributed by atoms with Gasteiger partial charge in [-0.3, -0.25) is 14.7 Å². The number of nitrogens with one attached hydrogen (secondary N) is 1. The normalized spacial score (nSPS) is 29.6. The number of carbonyl (C=O) groups is 1. The van der Waals surface area contributed by atoms with Gasteiger partial charge in [0.1, 0.15) is 5.69 Å². The summed E-state index contributed by atoms with van der Waals surface area (Å²) >= 11 is 1.64. The maximum Gasteiger partial charge on any atom is 0.270 e. The molecule has 1 N–H and O–H groups in total. The van der Waals surface area contributed by atoms with Crippen molar-refractivity contribution < 1.29 is 4.79 Å². The Morgan fingerprint density at radius 1 is 1.43 bits per heavy atom. The Morgan fingerprint density at radius 2 is 2.22 bits per heavy atom. The lowest BCUT2D eigenvalue weighted by atomic mass is 9.79. The van der Waals surface area contributed by atoms with Gasteiger partial charge in [-0.25, -0.2) is 0 Å². The molecule has 0 aliphatic carbocycles. The zero-order valence-electron chi connectivity index (χ0n) is 13.3. The minimum Gasteiger partial charge on any atom is -0.346 e. The van der Waals surface area contributed by atoms with E-state index in [1.54, 1.807) is 17.5 Å². The van der Waals surface area contributed by atoms with E-state index in [4.69, 9.17) is 0 Å². The topological polar surface area (TPSA) is 45.2 Å². The van der Waals surface area contributed by atoms with Crippen LogP contribution in [0.25, 0.3) is 16.2 Å². The lowest BCUT2D eigenvalue weighted by Crippen LogP contribution is -2.62. The van der Waals surface area contributed by atoms with Crippen LogP contribution < -0.4 is 5.32 Å². The molecule has 3 aliphatic rings. The number of carbonyl (C=O) groups excluding carboxylic acids is 1. The van der Waals surface area contributed by atoms with Gasteiger partial charge >= 0.3 is 0 Å². The van der Waals surface area contributed by atoms with Crippen LogP contribution in [-0.4, -0.2) is 41.0 Å². The van der Waals surface area contributed by atoms with Gasteiger partial charge in [0.05, 0.1) is 0 Å². The van der Waals surface area contributed by atoms with Crippen LogP contribution in [0.3, 0.4) is 0 Å². The maximum absolute atomic E-state index is 12.6. The SMILES string of the molecule is C=Cc1cc2cnc(C(=O)N[C@@H]3C4CCN(CC4)[C@H]3C)cc2s1. The molecule has 3 saturated heterocycles. The number of thiophene rings is 1. The number of hydrogen-bond donors (Lipinski definition) is 1. The number of amides is 1. The van der Waals surface area contributed by atoms with Crippen LogP contribution in [-0.2, 0) is 0 Å². The number of aromatic nitrogens is 1. The number of rotatable bonds is 3. The van der Waals surface area contributed by atoms with Crippen LogP contribution in [0.1, 0.15) is 35.1 Å². The number of hydrogen-bond acceptors (Lipinski definition) is 4. The summed E-state index contributed by atoms with van der Waals surface area (Å²) in [4.78, 5) is 20.6. The smallest absolute Gasteiger partial charge is 0.270 e. The molecule has 0 saturated carbocycles. The minimum absolute atomic E-state index is 0.0500. The largest absolute Gasteiger partial charge is 0.346 e. The summed E-state index contributed by atoms with van der Waals surface area (Å²) in [7, 11) is 0. The standard InChI is InChI=1S/C18H21N3OS/c1-3-14-8-13-10-19-15(9-16(13)23-14)18(22)20-17-11(2)21-6-4-12(17)5-7-21/h3,8-12,17H,1,4-7H2,2H3,(H,20,22)/t11-,17-/m0/s1. The third-order valence-corrected chi connectivity index (χ3v) is 6.42. The molecule has 23 heavy (non-hydrogen) atoms. The quantitative estimate of drug-likeness (QED) is 0.942. The Labute approximate surface area is 140 Å². The highest BCUT2D eigenvalue weighted by molar-refractivity contribution is 7.19. The van der Waals surface area contributed by atoms with E-state index in [1.165, 1.54) is 25.9 Å². The second-order valence-electron chi connectivity index (χ2n) is 6.57. The third kappa shape index (κ3) is 2.58. The van der Waals surface area contributed by atoms with E-state index < -0.39 is 0 Å². The molecule has 1 amide bonds. The fourth-order valence-corrected chi connectivity index (χ4v) is 4.87. The van der Waals surface area contributed by atoms with Gasteiger partial charge in [-0.2, -0.15) is 0 Å². The first-order valence-corrected chi connectivity index (χ1v) is 9.04. The van der Waals surface area contributed by atoms with Gasteiger partial charge in [0.2, 0.25) is 0 Å². The molecule has 5 heterocycles. The van der Waals surface area contributed by atoms with Gasteiger partial charge in [-0.1, -0.05) is 12.7 Å². The van der Waals surface area contributed by atoms with Crippen molar-refractivity contribution >= 4 is 33.4 Å². The van der Waals surface area contributed by atoms with Crippen LogP contribution in [0.2, 0.25) is 0 Å². The number of piperidine rings is 3. The lowest BCUT2D eigenvalue weighted by molar-refractivity contribution is 0.0216. The average molecular weight is 327 g/mol. The van der Waals surface area contributed by atoms with E-state index in [-0.39, 0.29) is 11.9 Å². The molecule has 0 radical (unpaired) electrons. The van der Waals surface area contributed by atoms with Gasteiger partial charge in [-0.15, -0.1) is 11.3 Å². The molecule has 0 unspecified atom stereocenters. The van der Waals surface area contributed by atoms with Crippen LogP contribution in [0.4, 0.5) is 0 Å². The third-order valence-electron chi connectivity index (χ3n) is 5.33. The molecule has 0 aromatic carbocycles. The van der Waals surface area contributed by atoms with Crippen molar-refractivity contribution in [3.8, 4) is 0 Å². The number of pyridine rings is 1. The Morgan fingerprint density at radius 3 is 2.91 bits per heavy atom. The predicted molar refractivity (Wildman–Crippen MR) is 94.7 cm³/mol. The highest BCUT2D eigenvalue weighted by Crippen LogP contribution is 2.32. The van der Waals surface area contributed by atoms with E-state index in [0.29, 0.717) is 17.7 Å². The maximum atomic E-state index is 12.6. The van der Waals surface area contributed by atoms with Crippen LogP contribution >= 0.6 is 11.3 Å². The molecule has 5 rings (SSSR count). The van der Waals surface area contributed by atoms with Gasteiger partial charge in [-0.05, 0) is 50.9 Å². The second-order valence-corrected chi connectivity index (χ2v) is 7.69. The summed E-state index contributed by atoms with van der Waals surface area (Å²) in [5.74, 6) is 0.558. The molecule has 120 valence electrons. The molecule has 3 aliphatic heterocycles. The minimum atomic E-state index is -0.0500. The lowest BCUT2D eigenvalue weighted by Gasteiger charge is -2.49. The average Bonchev–Trinajstić information content (AvgIpc) is 3.00. The Kier molecular flexibility index (Phi) is 3.70. The zero-order chi connectivity index (χ0) is 16.0. The Bertz CT molecular complexity index is 759. The summed E-state index contributed by atoms with van der Waals surface area (Å²) in [6.07, 6.45) is 6.00. The highest BCUT2D eigenvalue weighted by atomic mass is 32.1. The molecule has 4 nitrogen and oxygen atoms in total. The van der Waals surface area contributed by atoms with Crippen molar-refractivity contribution in [3.05, 3.63) is 35.5 Å². The van der Waals surface area contributed by atoms with Crippen molar-refractivity contribution in [3.63, 3.8) is 0 Å². The Balaban J connectivity index is 1.55. The van der Waals surface area contributed by atoms with Crippen molar-refractivity contribution in [2.45, 2.75) is 31.8 Å². The van der Waals surface area contributed by atoms with E-state index in [0.717, 1.165) is 15.0 Å². The van der Waals surface area contributed by atoms with Gasteiger partial charge in [0.25, 0.3) is 5.91 Å². The van der Waals surface area contributed by atoms with Crippen molar-refractivity contribution in [1.29, 1.82) is 0 Å². The van der Waals surface area contributed by atoms with Crippen molar-refractivity contribution in [1.82, 2.24) is 15.2 Å². The first-order valence-electron chi connectivity index (χ1n) is 8.22. The van der Waals surface area contributed by atoms with Crippen molar-refractivity contribution in [2.75, 3.05) is 13.1 Å². The molecule has 3 fully saturated rings. The Hall–Kier alpha value is -1.72. The first-order chi connectivity index (χ1) is 11.2. The van der Waals surface area contributed by atoms with Gasteiger partial charge in [0.15, 0.2) is 0 Å². The summed E-state index contributed by atoms with van der Waals surface area (Å²) < 4.78 is 1.09. The fraction of sp³-hybridized carbons (Fsp3) is 0.444. The summed E-state index contributed by atoms with van der Waals surface area (Å²) in [5, 5.41) is 4.31. The van der Waals surface area contributed by atoms with Crippen molar-refractivity contribution in [2.24, 2.45) is 5.92 Å². The zero-order valence-corrected chi connectivity index (χ0v) is 14.1. The summed E-state index contributed by atoms with van der Waals surface area (Å²) in [6, 6.07) is 4.62. The van der Waals surface area contributed by atoms with E-state index in [1.807, 2.05) is 12.1 Å². The van der Waals surface area contributed by atoms with Gasteiger partial charge in [0, 0.05) is 33.2 Å². The van der Waals surface area contributed by atoms with Gasteiger partial charge < -0.3 is 5.32 Å². The predicted octanol–water partition coefficient (Wildman–Crippen LogP) is 3.15. The molecule has 2 aromatic rings. The monoisotopic (exact) mass is 327 g/mol. The molecular formula is C18H21N3OS. The van der Waals surface area contributed by atoms with Crippen LogP contribution in [0.5, 0.6) is 0 Å². The molecule has 2 aromatic heterocycles. The molecule has 2 bridgehead atoms. The summed E-state index contributed by atoms with van der Waals surface area (Å²) in [6.45, 7) is 8.36. The molecule has 5 heteroatoms.